The third-order valence-corrected chi connectivity index (χ3v) is 6.15. The van der Waals surface area contributed by atoms with E-state index in [0.29, 0.717) is 5.25 Å². The van der Waals surface area contributed by atoms with Gasteiger partial charge in [-0.1, -0.05) is 76.6 Å². The molecular formula is C18H20BrN2S+. The second-order valence-corrected chi connectivity index (χ2v) is 7.34. The molecule has 1 N–H and O–H groups in total. The van der Waals surface area contributed by atoms with Crippen LogP contribution in [0.15, 0.2) is 60.7 Å². The molecule has 0 bridgehead atoms. The van der Waals surface area contributed by atoms with Gasteiger partial charge in [0.2, 0.25) is 0 Å². The van der Waals surface area contributed by atoms with E-state index in [4.69, 9.17) is 0 Å². The standard InChI is InChI=1S/C18H19BrN2S/c19-11-17-12-20-18(22-17)21(13-15-7-3-1-4-8-15)14-16-9-5-2-6-10-16/h1-10,17H,11-14H2/p+1/t17-/m0/s1. The van der Waals surface area contributed by atoms with Crippen molar-refractivity contribution in [3.05, 3.63) is 71.8 Å². The van der Waals surface area contributed by atoms with Gasteiger partial charge in [-0.2, -0.15) is 0 Å². The summed E-state index contributed by atoms with van der Waals surface area (Å²) in [6.07, 6.45) is 0. The molecule has 22 heavy (non-hydrogen) atoms. The highest BCUT2D eigenvalue weighted by Gasteiger charge is 2.28. The maximum absolute atomic E-state index is 3.59. The Balaban J connectivity index is 1.84. The van der Waals surface area contributed by atoms with Gasteiger partial charge >= 0.3 is 5.17 Å². The molecule has 0 unspecified atom stereocenters. The zero-order valence-corrected chi connectivity index (χ0v) is 14.8. The molecule has 1 aliphatic rings. The van der Waals surface area contributed by atoms with Gasteiger partial charge in [-0.3, -0.25) is 5.32 Å². The lowest BCUT2D eigenvalue weighted by Gasteiger charge is -2.10. The van der Waals surface area contributed by atoms with E-state index in [2.05, 4.69) is 86.5 Å². The minimum atomic E-state index is 0.615. The Morgan fingerprint density at radius 2 is 1.50 bits per heavy atom. The van der Waals surface area contributed by atoms with Crippen molar-refractivity contribution < 1.29 is 4.58 Å². The Morgan fingerprint density at radius 3 is 1.95 bits per heavy atom. The summed E-state index contributed by atoms with van der Waals surface area (Å²) in [4.78, 5) is 0. The van der Waals surface area contributed by atoms with E-state index in [9.17, 15) is 0 Å². The third-order valence-electron chi connectivity index (χ3n) is 3.65. The van der Waals surface area contributed by atoms with Crippen LogP contribution in [-0.2, 0) is 13.1 Å². The zero-order valence-electron chi connectivity index (χ0n) is 12.4. The number of hydrogen-bond acceptors (Lipinski definition) is 1. The molecule has 4 heteroatoms. The molecule has 2 nitrogen and oxygen atoms in total. The van der Waals surface area contributed by atoms with Crippen molar-refractivity contribution in [2.45, 2.75) is 18.3 Å². The molecule has 0 aromatic heterocycles. The first-order valence-electron chi connectivity index (χ1n) is 7.51. The van der Waals surface area contributed by atoms with Gasteiger partial charge in [-0.15, -0.1) is 0 Å². The molecule has 0 saturated carbocycles. The van der Waals surface area contributed by atoms with Gasteiger partial charge in [0.25, 0.3) is 0 Å². The first-order valence-corrected chi connectivity index (χ1v) is 9.51. The SMILES string of the molecule is BrC[C@H]1CNC(=[N+](Cc2ccccc2)Cc2ccccc2)S1. The number of alkyl halides is 1. The normalized spacial score (nSPS) is 17.3. The molecule has 3 rings (SSSR count). The van der Waals surface area contributed by atoms with Gasteiger partial charge in [-0.25, -0.2) is 4.58 Å². The Morgan fingerprint density at radius 1 is 0.955 bits per heavy atom. The van der Waals surface area contributed by atoms with E-state index in [0.717, 1.165) is 25.0 Å². The van der Waals surface area contributed by atoms with Crippen molar-refractivity contribution >= 4 is 32.9 Å². The average Bonchev–Trinajstić information content (AvgIpc) is 3.05. The van der Waals surface area contributed by atoms with Crippen LogP contribution in [0.5, 0.6) is 0 Å². The molecule has 114 valence electrons. The number of nitrogens with one attached hydrogen (secondary N) is 1. The number of nitrogens with zero attached hydrogens (tertiary/aromatic N) is 1. The molecular weight excluding hydrogens is 356 g/mol. The minimum Gasteiger partial charge on any atom is -0.268 e. The van der Waals surface area contributed by atoms with Crippen LogP contribution in [0.1, 0.15) is 11.1 Å². The van der Waals surface area contributed by atoms with Crippen molar-refractivity contribution in [3.8, 4) is 0 Å². The lowest BCUT2D eigenvalue weighted by molar-refractivity contribution is -0.559. The smallest absolute Gasteiger partial charge is 0.268 e. The summed E-state index contributed by atoms with van der Waals surface area (Å²) in [6, 6.07) is 21.4. The summed E-state index contributed by atoms with van der Waals surface area (Å²) < 4.78 is 2.44. The van der Waals surface area contributed by atoms with Crippen LogP contribution >= 0.6 is 27.7 Å². The average molecular weight is 376 g/mol. The summed E-state index contributed by atoms with van der Waals surface area (Å²) in [5.41, 5.74) is 2.69. The largest absolute Gasteiger partial charge is 0.307 e. The fourth-order valence-corrected chi connectivity index (χ4v) is 4.14. The minimum absolute atomic E-state index is 0.615. The number of halogens is 1. The molecule has 1 fully saturated rings. The van der Waals surface area contributed by atoms with Gasteiger partial charge in [0.15, 0.2) is 0 Å². The Kier molecular flexibility index (Phi) is 5.57. The van der Waals surface area contributed by atoms with Crippen LogP contribution in [0.2, 0.25) is 0 Å². The predicted octanol–water partition coefficient (Wildman–Crippen LogP) is 3.86. The first-order chi connectivity index (χ1) is 10.8. The van der Waals surface area contributed by atoms with Gasteiger partial charge < -0.3 is 0 Å². The third kappa shape index (κ3) is 4.14. The molecule has 0 amide bonds. The topological polar surface area (TPSA) is 15.0 Å². The van der Waals surface area contributed by atoms with Crippen molar-refractivity contribution in [2.75, 3.05) is 11.9 Å². The molecule has 1 saturated heterocycles. The van der Waals surface area contributed by atoms with E-state index in [-0.39, 0.29) is 0 Å². The van der Waals surface area contributed by atoms with E-state index in [1.807, 2.05) is 11.8 Å². The summed E-state index contributed by atoms with van der Waals surface area (Å²) >= 11 is 5.54. The van der Waals surface area contributed by atoms with Crippen molar-refractivity contribution in [1.29, 1.82) is 0 Å². The predicted molar refractivity (Wildman–Crippen MR) is 98.7 cm³/mol. The van der Waals surface area contributed by atoms with Crippen LogP contribution in [0.25, 0.3) is 0 Å². The lowest BCUT2D eigenvalue weighted by atomic mass is 10.2. The summed E-state index contributed by atoms with van der Waals surface area (Å²) in [6.45, 7) is 2.89. The Bertz CT molecular complexity index is 585. The van der Waals surface area contributed by atoms with Crippen LogP contribution in [0.4, 0.5) is 0 Å². The Labute approximate surface area is 144 Å². The second-order valence-electron chi connectivity index (χ2n) is 5.41. The number of rotatable bonds is 5. The quantitative estimate of drug-likeness (QED) is 0.630. The molecule has 2 aromatic carbocycles. The van der Waals surface area contributed by atoms with Crippen molar-refractivity contribution in [3.63, 3.8) is 0 Å². The molecule has 0 radical (unpaired) electrons. The maximum Gasteiger partial charge on any atom is 0.307 e. The molecule has 0 aliphatic carbocycles. The van der Waals surface area contributed by atoms with Crippen LogP contribution in [0.3, 0.4) is 0 Å². The Hall–Kier alpha value is -1.26. The van der Waals surface area contributed by atoms with E-state index in [1.54, 1.807) is 0 Å². The summed E-state index contributed by atoms with van der Waals surface area (Å²) in [5, 5.41) is 6.50. The fourth-order valence-electron chi connectivity index (χ4n) is 2.52. The van der Waals surface area contributed by atoms with E-state index < -0.39 is 0 Å². The highest BCUT2D eigenvalue weighted by Crippen LogP contribution is 2.21. The number of hydrogen-bond donors (Lipinski definition) is 1. The zero-order chi connectivity index (χ0) is 15.2. The van der Waals surface area contributed by atoms with Gasteiger partial charge in [0.1, 0.15) is 13.1 Å². The van der Waals surface area contributed by atoms with E-state index >= 15 is 0 Å². The molecule has 0 spiro atoms. The number of benzene rings is 2. The van der Waals surface area contributed by atoms with Gasteiger partial charge in [0, 0.05) is 5.33 Å². The lowest BCUT2D eigenvalue weighted by Crippen LogP contribution is -2.27. The summed E-state index contributed by atoms with van der Waals surface area (Å²) in [7, 11) is 0. The molecule has 1 atom stereocenters. The fraction of sp³-hybridized carbons (Fsp3) is 0.278. The highest BCUT2D eigenvalue weighted by atomic mass is 79.9. The monoisotopic (exact) mass is 375 g/mol. The molecule has 1 aliphatic heterocycles. The number of thioether (sulfide) groups is 1. The maximum atomic E-state index is 3.59. The number of amidine groups is 1. The highest BCUT2D eigenvalue weighted by molar-refractivity contribution is 9.09. The molecule has 1 heterocycles. The van der Waals surface area contributed by atoms with Crippen LogP contribution < -0.4 is 5.32 Å². The van der Waals surface area contributed by atoms with E-state index in [1.165, 1.54) is 16.3 Å². The van der Waals surface area contributed by atoms with Gasteiger partial charge in [0.05, 0.1) is 11.8 Å². The van der Waals surface area contributed by atoms with Crippen LogP contribution in [0, 0.1) is 0 Å². The summed E-state index contributed by atoms with van der Waals surface area (Å²) in [5.74, 6) is 0. The van der Waals surface area contributed by atoms with Gasteiger partial charge in [-0.05, 0) is 22.9 Å². The van der Waals surface area contributed by atoms with Crippen molar-refractivity contribution in [1.82, 2.24) is 5.32 Å². The first kappa shape index (κ1) is 15.6. The van der Waals surface area contributed by atoms with Crippen LogP contribution in [-0.4, -0.2) is 26.9 Å². The second kappa shape index (κ2) is 7.84. The molecule has 2 aromatic rings. The van der Waals surface area contributed by atoms with Crippen molar-refractivity contribution in [2.24, 2.45) is 0 Å².